The predicted molar refractivity (Wildman–Crippen MR) is 105 cm³/mol. The predicted octanol–water partition coefficient (Wildman–Crippen LogP) is 2.46. The molecule has 138 valence electrons. The Kier molecular flexibility index (Phi) is 5.87. The van der Waals surface area contributed by atoms with Crippen molar-refractivity contribution in [3.8, 4) is 0 Å². The van der Waals surface area contributed by atoms with Crippen LogP contribution in [0.3, 0.4) is 0 Å². The van der Waals surface area contributed by atoms with Crippen LogP contribution in [0.4, 0.5) is 5.69 Å². The Morgan fingerprint density at radius 2 is 1.89 bits per heavy atom. The van der Waals surface area contributed by atoms with E-state index in [-0.39, 0.29) is 11.7 Å². The van der Waals surface area contributed by atoms with Gasteiger partial charge in [-0.15, -0.1) is 10.2 Å². The fourth-order valence-electron chi connectivity index (χ4n) is 2.49. The van der Waals surface area contributed by atoms with Crippen molar-refractivity contribution >= 4 is 29.3 Å². The Balaban J connectivity index is 1.62. The number of rotatable bonds is 7. The van der Waals surface area contributed by atoms with E-state index in [0.717, 1.165) is 11.4 Å². The number of hydrogen-bond acceptors (Lipinski definition) is 5. The van der Waals surface area contributed by atoms with E-state index in [1.165, 1.54) is 11.8 Å². The van der Waals surface area contributed by atoms with E-state index in [1.54, 1.807) is 24.3 Å². The molecule has 0 saturated carbocycles. The van der Waals surface area contributed by atoms with Crippen LogP contribution < -0.4 is 11.1 Å². The molecule has 7 nitrogen and oxygen atoms in total. The molecule has 3 rings (SSSR count). The van der Waals surface area contributed by atoms with Crippen molar-refractivity contribution in [1.29, 1.82) is 0 Å². The number of thioether (sulfide) groups is 1. The fraction of sp³-hybridized carbons (Fsp3) is 0.158. The summed E-state index contributed by atoms with van der Waals surface area (Å²) in [7, 11) is 0. The SMILES string of the molecule is Cc1nnc(SCC(=O)Nc2cccc(C(N)=O)c2)n1Cc1ccccc1. The van der Waals surface area contributed by atoms with Gasteiger partial charge in [0.05, 0.1) is 12.3 Å². The Morgan fingerprint density at radius 1 is 1.11 bits per heavy atom. The van der Waals surface area contributed by atoms with Gasteiger partial charge in [-0.1, -0.05) is 48.2 Å². The molecule has 0 atom stereocenters. The topological polar surface area (TPSA) is 103 Å². The number of carbonyl (C=O) groups excluding carboxylic acids is 2. The van der Waals surface area contributed by atoms with E-state index in [4.69, 9.17) is 5.73 Å². The molecule has 2 aromatic carbocycles. The van der Waals surface area contributed by atoms with Crippen molar-refractivity contribution in [2.45, 2.75) is 18.6 Å². The maximum absolute atomic E-state index is 12.2. The van der Waals surface area contributed by atoms with Gasteiger partial charge in [0, 0.05) is 11.3 Å². The van der Waals surface area contributed by atoms with Gasteiger partial charge in [0.2, 0.25) is 11.8 Å². The molecule has 3 aromatic rings. The standard InChI is InChI=1S/C19H19N5O2S/c1-13-22-23-19(24(13)11-14-6-3-2-4-7-14)27-12-17(25)21-16-9-5-8-15(10-16)18(20)26/h2-10H,11-12H2,1H3,(H2,20,26)(H,21,25). The van der Waals surface area contributed by atoms with Gasteiger partial charge in [-0.05, 0) is 30.7 Å². The molecule has 0 radical (unpaired) electrons. The monoisotopic (exact) mass is 381 g/mol. The van der Waals surface area contributed by atoms with Crippen molar-refractivity contribution < 1.29 is 9.59 Å². The minimum absolute atomic E-state index is 0.174. The highest BCUT2D eigenvalue weighted by molar-refractivity contribution is 7.99. The molecular weight excluding hydrogens is 362 g/mol. The van der Waals surface area contributed by atoms with E-state index >= 15 is 0 Å². The molecule has 0 aliphatic heterocycles. The van der Waals surface area contributed by atoms with Crippen LogP contribution >= 0.6 is 11.8 Å². The lowest BCUT2D eigenvalue weighted by molar-refractivity contribution is -0.113. The first-order chi connectivity index (χ1) is 13.0. The van der Waals surface area contributed by atoms with E-state index in [2.05, 4.69) is 15.5 Å². The maximum Gasteiger partial charge on any atom is 0.248 e. The highest BCUT2D eigenvalue weighted by Gasteiger charge is 2.13. The second kappa shape index (κ2) is 8.50. The second-order valence-electron chi connectivity index (χ2n) is 5.88. The lowest BCUT2D eigenvalue weighted by atomic mass is 10.2. The van der Waals surface area contributed by atoms with Crippen LogP contribution in [-0.4, -0.2) is 32.3 Å². The van der Waals surface area contributed by atoms with Gasteiger partial charge in [-0.3, -0.25) is 9.59 Å². The molecule has 8 heteroatoms. The highest BCUT2D eigenvalue weighted by atomic mass is 32.2. The Hall–Kier alpha value is -3.13. The Labute approximate surface area is 161 Å². The van der Waals surface area contributed by atoms with Crippen LogP contribution in [0.5, 0.6) is 0 Å². The zero-order chi connectivity index (χ0) is 19.2. The molecule has 0 fully saturated rings. The zero-order valence-electron chi connectivity index (χ0n) is 14.8. The van der Waals surface area contributed by atoms with Gasteiger partial charge in [-0.2, -0.15) is 0 Å². The molecule has 0 unspecified atom stereocenters. The number of amides is 2. The van der Waals surface area contributed by atoms with Gasteiger partial charge in [-0.25, -0.2) is 0 Å². The molecule has 0 bridgehead atoms. The largest absolute Gasteiger partial charge is 0.366 e. The molecule has 27 heavy (non-hydrogen) atoms. The van der Waals surface area contributed by atoms with Gasteiger partial charge < -0.3 is 15.6 Å². The van der Waals surface area contributed by atoms with Gasteiger partial charge in [0.1, 0.15) is 5.82 Å². The zero-order valence-corrected chi connectivity index (χ0v) is 15.6. The van der Waals surface area contributed by atoms with Crippen molar-refractivity contribution in [1.82, 2.24) is 14.8 Å². The molecule has 1 aromatic heterocycles. The van der Waals surface area contributed by atoms with Crippen molar-refractivity contribution in [2.75, 3.05) is 11.1 Å². The smallest absolute Gasteiger partial charge is 0.248 e. The van der Waals surface area contributed by atoms with Crippen LogP contribution in [-0.2, 0) is 11.3 Å². The second-order valence-corrected chi connectivity index (χ2v) is 6.83. The van der Waals surface area contributed by atoms with Crippen molar-refractivity contribution in [2.24, 2.45) is 5.73 Å². The Bertz CT molecular complexity index is 956. The minimum atomic E-state index is -0.537. The highest BCUT2D eigenvalue weighted by Crippen LogP contribution is 2.19. The fourth-order valence-corrected chi connectivity index (χ4v) is 3.28. The average molecular weight is 381 g/mol. The average Bonchev–Trinajstić information content (AvgIpc) is 3.01. The summed E-state index contributed by atoms with van der Waals surface area (Å²) in [6, 6.07) is 16.5. The lowest BCUT2D eigenvalue weighted by Crippen LogP contribution is -2.16. The summed E-state index contributed by atoms with van der Waals surface area (Å²) in [5, 5.41) is 11.7. The van der Waals surface area contributed by atoms with Crippen LogP contribution in [0.2, 0.25) is 0 Å². The summed E-state index contributed by atoms with van der Waals surface area (Å²) in [4.78, 5) is 23.5. The number of anilines is 1. The van der Waals surface area contributed by atoms with E-state index in [1.807, 2.05) is 41.8 Å². The summed E-state index contributed by atoms with van der Waals surface area (Å²) in [5.74, 6) is 0.225. The van der Waals surface area contributed by atoms with Crippen molar-refractivity contribution in [3.05, 3.63) is 71.5 Å². The normalized spacial score (nSPS) is 10.6. The molecule has 3 N–H and O–H groups in total. The summed E-state index contributed by atoms with van der Waals surface area (Å²) >= 11 is 1.31. The van der Waals surface area contributed by atoms with Crippen LogP contribution in [0, 0.1) is 6.92 Å². The molecular formula is C19H19N5O2S. The quantitative estimate of drug-likeness (QED) is 0.612. The van der Waals surface area contributed by atoms with Crippen LogP contribution in [0.1, 0.15) is 21.7 Å². The van der Waals surface area contributed by atoms with E-state index in [9.17, 15) is 9.59 Å². The van der Waals surface area contributed by atoms with Gasteiger partial charge in [0.25, 0.3) is 0 Å². The maximum atomic E-state index is 12.2. The summed E-state index contributed by atoms with van der Waals surface area (Å²) in [6.07, 6.45) is 0. The number of nitrogens with two attached hydrogens (primary N) is 1. The first-order valence-electron chi connectivity index (χ1n) is 8.29. The number of primary amides is 1. The lowest BCUT2D eigenvalue weighted by Gasteiger charge is -2.09. The minimum Gasteiger partial charge on any atom is -0.366 e. The molecule has 0 aliphatic rings. The Morgan fingerprint density at radius 3 is 2.63 bits per heavy atom. The number of hydrogen-bond donors (Lipinski definition) is 2. The molecule has 0 saturated heterocycles. The van der Waals surface area contributed by atoms with Crippen molar-refractivity contribution in [3.63, 3.8) is 0 Å². The third-order valence-electron chi connectivity index (χ3n) is 3.85. The number of nitrogens with one attached hydrogen (secondary N) is 1. The number of carbonyl (C=O) groups is 2. The first kappa shape index (κ1) is 18.7. The number of aryl methyl sites for hydroxylation is 1. The van der Waals surface area contributed by atoms with Crippen LogP contribution in [0.25, 0.3) is 0 Å². The molecule has 2 amide bonds. The van der Waals surface area contributed by atoms with E-state index in [0.29, 0.717) is 23.0 Å². The van der Waals surface area contributed by atoms with Gasteiger partial charge in [0.15, 0.2) is 5.16 Å². The number of benzene rings is 2. The first-order valence-corrected chi connectivity index (χ1v) is 9.28. The molecule has 1 heterocycles. The van der Waals surface area contributed by atoms with Gasteiger partial charge >= 0.3 is 0 Å². The summed E-state index contributed by atoms with van der Waals surface area (Å²) in [5.41, 5.74) is 7.26. The molecule has 0 aliphatic carbocycles. The number of aromatic nitrogens is 3. The molecule has 0 spiro atoms. The third kappa shape index (κ3) is 4.95. The third-order valence-corrected chi connectivity index (χ3v) is 4.82. The van der Waals surface area contributed by atoms with E-state index < -0.39 is 5.91 Å². The van der Waals surface area contributed by atoms with Crippen LogP contribution in [0.15, 0.2) is 59.8 Å². The summed E-state index contributed by atoms with van der Waals surface area (Å²) in [6.45, 7) is 2.53. The summed E-state index contributed by atoms with van der Waals surface area (Å²) < 4.78 is 1.97. The number of nitrogens with zero attached hydrogens (tertiary/aromatic N) is 3.